The van der Waals surface area contributed by atoms with E-state index in [1.54, 1.807) is 0 Å². The van der Waals surface area contributed by atoms with E-state index in [0.29, 0.717) is 6.42 Å². The third-order valence-electron chi connectivity index (χ3n) is 3.65. The minimum absolute atomic E-state index is 0. The first-order valence-corrected chi connectivity index (χ1v) is 8.64. The molecular formula is C18H34O2Y. The number of rotatable bonds is 15. The Morgan fingerprint density at radius 3 is 1.67 bits per heavy atom. The third-order valence-corrected chi connectivity index (χ3v) is 3.65. The fourth-order valence-corrected chi connectivity index (χ4v) is 2.35. The first kappa shape index (κ1) is 23.6. The van der Waals surface area contributed by atoms with Crippen LogP contribution in [0.2, 0.25) is 0 Å². The second kappa shape index (κ2) is 20.3. The molecule has 2 nitrogen and oxygen atoms in total. The summed E-state index contributed by atoms with van der Waals surface area (Å²) in [7, 11) is 0. The van der Waals surface area contributed by atoms with Gasteiger partial charge in [-0.25, -0.2) is 0 Å². The summed E-state index contributed by atoms with van der Waals surface area (Å²) >= 11 is 0. The predicted octanol–water partition coefficient (Wildman–Crippen LogP) is 6.11. The summed E-state index contributed by atoms with van der Waals surface area (Å²) in [5.74, 6) is -0.664. The molecule has 1 N–H and O–H groups in total. The van der Waals surface area contributed by atoms with Crippen LogP contribution >= 0.6 is 0 Å². The maximum absolute atomic E-state index is 10.3. The van der Waals surface area contributed by atoms with Crippen LogP contribution in [0.25, 0.3) is 0 Å². The number of aliphatic carboxylic acids is 1. The zero-order chi connectivity index (χ0) is 14.9. The standard InChI is InChI=1S/C18H34O2.Y/c1-2-3-4-5-6-7-8-9-10-11-12-13-14-15-16-17-18(19)20;/h9-10H,2-8,11-17H2,1H3,(H,19,20);. The Bertz CT molecular complexity index is 239. The van der Waals surface area contributed by atoms with Crippen molar-refractivity contribution in [2.24, 2.45) is 0 Å². The van der Waals surface area contributed by atoms with Crippen molar-refractivity contribution in [1.82, 2.24) is 0 Å². The molecule has 121 valence electrons. The monoisotopic (exact) mass is 371 g/mol. The van der Waals surface area contributed by atoms with E-state index >= 15 is 0 Å². The average molecular weight is 371 g/mol. The summed E-state index contributed by atoms with van der Waals surface area (Å²) in [6.45, 7) is 2.26. The molecule has 0 saturated carbocycles. The first-order chi connectivity index (χ1) is 9.77. The van der Waals surface area contributed by atoms with Gasteiger partial charge in [0.05, 0.1) is 0 Å². The van der Waals surface area contributed by atoms with Crippen LogP contribution in [-0.4, -0.2) is 11.1 Å². The van der Waals surface area contributed by atoms with Crippen LogP contribution in [0.1, 0.15) is 96.8 Å². The molecule has 0 bridgehead atoms. The van der Waals surface area contributed by atoms with E-state index in [-0.39, 0.29) is 32.7 Å². The molecule has 0 aliphatic heterocycles. The summed E-state index contributed by atoms with van der Waals surface area (Å²) in [5.41, 5.74) is 0. The maximum atomic E-state index is 10.3. The number of carboxylic acids is 1. The largest absolute Gasteiger partial charge is 0.481 e. The zero-order valence-corrected chi connectivity index (χ0v) is 16.8. The van der Waals surface area contributed by atoms with Crippen molar-refractivity contribution < 1.29 is 42.6 Å². The maximum Gasteiger partial charge on any atom is 0.303 e. The van der Waals surface area contributed by atoms with Crippen molar-refractivity contribution in [3.05, 3.63) is 12.2 Å². The summed E-state index contributed by atoms with van der Waals surface area (Å²) in [5, 5.41) is 8.51. The van der Waals surface area contributed by atoms with E-state index in [0.717, 1.165) is 12.8 Å². The Hall–Kier alpha value is 0.314. The molecule has 0 saturated heterocycles. The van der Waals surface area contributed by atoms with Gasteiger partial charge in [-0.15, -0.1) is 0 Å². The van der Waals surface area contributed by atoms with Gasteiger partial charge in [-0.05, 0) is 32.1 Å². The van der Waals surface area contributed by atoms with Crippen LogP contribution in [0.3, 0.4) is 0 Å². The van der Waals surface area contributed by atoms with Gasteiger partial charge in [0, 0.05) is 39.1 Å². The Kier molecular flexibility index (Phi) is 22.8. The number of hydrogen-bond acceptors (Lipinski definition) is 1. The molecular weight excluding hydrogens is 337 g/mol. The van der Waals surface area contributed by atoms with Crippen LogP contribution in [-0.2, 0) is 37.5 Å². The van der Waals surface area contributed by atoms with Crippen molar-refractivity contribution in [3.8, 4) is 0 Å². The molecule has 0 heterocycles. The molecule has 0 atom stereocenters. The molecule has 0 aromatic heterocycles. The minimum Gasteiger partial charge on any atom is -0.481 e. The van der Waals surface area contributed by atoms with Crippen LogP contribution in [0.5, 0.6) is 0 Å². The van der Waals surface area contributed by atoms with Crippen molar-refractivity contribution in [2.75, 3.05) is 0 Å². The van der Waals surface area contributed by atoms with Crippen LogP contribution in [0, 0.1) is 0 Å². The molecule has 0 amide bonds. The average Bonchev–Trinajstić information content (AvgIpc) is 2.43. The van der Waals surface area contributed by atoms with Crippen LogP contribution in [0.15, 0.2) is 12.2 Å². The van der Waals surface area contributed by atoms with Gasteiger partial charge in [0.25, 0.3) is 0 Å². The Labute approximate surface area is 157 Å². The number of carboxylic acid groups (broad SMARTS) is 1. The van der Waals surface area contributed by atoms with Gasteiger partial charge >= 0.3 is 5.97 Å². The van der Waals surface area contributed by atoms with E-state index in [9.17, 15) is 4.79 Å². The molecule has 0 aromatic rings. The molecule has 0 aliphatic rings. The summed E-state index contributed by atoms with van der Waals surface area (Å²) in [6.07, 6.45) is 21.2. The fourth-order valence-electron chi connectivity index (χ4n) is 2.35. The number of hydrogen-bond donors (Lipinski definition) is 1. The second-order valence-electron chi connectivity index (χ2n) is 5.73. The number of allylic oxidation sites excluding steroid dienone is 2. The van der Waals surface area contributed by atoms with Crippen molar-refractivity contribution >= 4 is 5.97 Å². The van der Waals surface area contributed by atoms with E-state index < -0.39 is 5.97 Å². The first-order valence-electron chi connectivity index (χ1n) is 8.64. The molecule has 0 fully saturated rings. The van der Waals surface area contributed by atoms with Crippen molar-refractivity contribution in [1.29, 1.82) is 0 Å². The van der Waals surface area contributed by atoms with Gasteiger partial charge in [-0.3, -0.25) is 4.79 Å². The summed E-state index contributed by atoms with van der Waals surface area (Å²) in [6, 6.07) is 0. The van der Waals surface area contributed by atoms with E-state index in [2.05, 4.69) is 19.1 Å². The van der Waals surface area contributed by atoms with Gasteiger partial charge < -0.3 is 5.11 Å². The molecule has 1 radical (unpaired) electrons. The normalized spacial score (nSPS) is 10.7. The Morgan fingerprint density at radius 2 is 1.19 bits per heavy atom. The number of carbonyl (C=O) groups is 1. The molecule has 0 rings (SSSR count). The molecule has 0 spiro atoms. The Morgan fingerprint density at radius 1 is 0.762 bits per heavy atom. The third kappa shape index (κ3) is 22.7. The van der Waals surface area contributed by atoms with Gasteiger partial charge in [-0.2, -0.15) is 0 Å². The SMILES string of the molecule is CCCCCCCCC=CCCCCCCCC(=O)O.[Y]. The van der Waals surface area contributed by atoms with Crippen molar-refractivity contribution in [3.63, 3.8) is 0 Å². The second-order valence-corrected chi connectivity index (χ2v) is 5.73. The van der Waals surface area contributed by atoms with Gasteiger partial charge in [0.1, 0.15) is 0 Å². The fraction of sp³-hybridized carbons (Fsp3) is 0.833. The van der Waals surface area contributed by atoms with Gasteiger partial charge in [0.2, 0.25) is 0 Å². The quantitative estimate of drug-likeness (QED) is 0.279. The zero-order valence-electron chi connectivity index (χ0n) is 14.0. The number of unbranched alkanes of at least 4 members (excludes halogenated alkanes) is 11. The van der Waals surface area contributed by atoms with Gasteiger partial charge in [0.15, 0.2) is 0 Å². The Balaban J connectivity index is 0. The molecule has 0 aliphatic carbocycles. The van der Waals surface area contributed by atoms with Crippen LogP contribution < -0.4 is 0 Å². The molecule has 3 heteroatoms. The minimum atomic E-state index is -0.664. The van der Waals surface area contributed by atoms with E-state index in [1.165, 1.54) is 70.6 Å². The predicted molar refractivity (Wildman–Crippen MR) is 87.1 cm³/mol. The smallest absolute Gasteiger partial charge is 0.303 e. The molecule has 0 aromatic carbocycles. The summed E-state index contributed by atoms with van der Waals surface area (Å²) in [4.78, 5) is 10.3. The van der Waals surface area contributed by atoms with Crippen molar-refractivity contribution in [2.45, 2.75) is 96.8 Å². The topological polar surface area (TPSA) is 37.3 Å². The van der Waals surface area contributed by atoms with Crippen LogP contribution in [0.4, 0.5) is 0 Å². The van der Waals surface area contributed by atoms with E-state index in [4.69, 9.17) is 5.11 Å². The molecule has 21 heavy (non-hydrogen) atoms. The van der Waals surface area contributed by atoms with Gasteiger partial charge in [-0.1, -0.05) is 70.4 Å². The van der Waals surface area contributed by atoms with E-state index in [1.807, 2.05) is 0 Å². The summed E-state index contributed by atoms with van der Waals surface area (Å²) < 4.78 is 0. The molecule has 0 unspecified atom stereocenters.